The highest BCUT2D eigenvalue weighted by molar-refractivity contribution is 7.70. The number of para-hydroxylation sites is 1. The smallest absolute Gasteiger partial charge is 0.345 e. The van der Waals surface area contributed by atoms with Crippen molar-refractivity contribution in [3.8, 4) is 11.3 Å². The minimum absolute atomic E-state index is 0.400. The number of benzene rings is 2. The molecule has 3 rings (SSSR count). The van der Waals surface area contributed by atoms with Gasteiger partial charge in [-0.2, -0.15) is 0 Å². The molecule has 0 aliphatic rings. The Morgan fingerprint density at radius 2 is 1.79 bits per heavy atom. The first-order valence-corrected chi connectivity index (χ1v) is 8.69. The molecule has 0 bridgehead atoms. The molecule has 3 aromatic rings. The molecule has 0 amide bonds. The van der Waals surface area contributed by atoms with Gasteiger partial charge in [-0.1, -0.05) is 30.3 Å². The molecule has 0 saturated heterocycles. The first-order valence-electron chi connectivity index (χ1n) is 7.08. The Hall–Kier alpha value is -2.73. The summed E-state index contributed by atoms with van der Waals surface area (Å²) in [5.74, 6) is 0. The molecule has 1 aromatic heterocycles. The van der Waals surface area contributed by atoms with Crippen LogP contribution in [0.15, 0.2) is 72.1 Å². The number of hydrogen-bond acceptors (Lipinski definition) is 3. The van der Waals surface area contributed by atoms with Gasteiger partial charge < -0.3 is 20.1 Å². The third kappa shape index (κ3) is 3.97. The third-order valence-electron chi connectivity index (χ3n) is 3.22. The topological polar surface area (TPSA) is 111 Å². The standard InChI is InChI=1S/C16H15N4O3P/c21-24(22,23)16(19-13-4-2-1-3-5-13)20-14-8-6-12(7-9-14)15-10-17-11-18-15/h1-11H,(H,17,18)(H,19,20)(H2,21,22,23). The van der Waals surface area contributed by atoms with Crippen molar-refractivity contribution in [3.63, 3.8) is 0 Å². The van der Waals surface area contributed by atoms with E-state index in [2.05, 4.69) is 20.3 Å². The van der Waals surface area contributed by atoms with Crippen molar-refractivity contribution < 1.29 is 14.4 Å². The average Bonchev–Trinajstić information content (AvgIpc) is 3.09. The number of aliphatic imine (C=N–C) groups is 1. The molecule has 24 heavy (non-hydrogen) atoms. The highest BCUT2D eigenvalue weighted by atomic mass is 31.2. The first kappa shape index (κ1) is 16.1. The van der Waals surface area contributed by atoms with Crippen LogP contribution < -0.4 is 5.32 Å². The summed E-state index contributed by atoms with van der Waals surface area (Å²) < 4.78 is 11.7. The third-order valence-corrected chi connectivity index (χ3v) is 3.98. The molecule has 0 aliphatic carbocycles. The lowest BCUT2D eigenvalue weighted by molar-refractivity contribution is 0.391. The van der Waals surface area contributed by atoms with Crippen LogP contribution >= 0.6 is 7.60 Å². The van der Waals surface area contributed by atoms with Crippen LogP contribution in [0.5, 0.6) is 0 Å². The molecule has 0 unspecified atom stereocenters. The van der Waals surface area contributed by atoms with E-state index in [4.69, 9.17) is 0 Å². The molecular weight excluding hydrogens is 327 g/mol. The summed E-state index contributed by atoms with van der Waals surface area (Å²) in [6.45, 7) is 0. The van der Waals surface area contributed by atoms with Gasteiger partial charge in [0.15, 0.2) is 0 Å². The molecule has 1 heterocycles. The average molecular weight is 342 g/mol. The highest BCUT2D eigenvalue weighted by Crippen LogP contribution is 2.38. The Balaban J connectivity index is 1.88. The molecule has 0 spiro atoms. The fourth-order valence-corrected chi connectivity index (χ4v) is 2.59. The molecule has 0 atom stereocenters. The summed E-state index contributed by atoms with van der Waals surface area (Å²) in [6, 6.07) is 15.7. The molecule has 0 saturated carbocycles. The van der Waals surface area contributed by atoms with Crippen molar-refractivity contribution in [2.45, 2.75) is 0 Å². The summed E-state index contributed by atoms with van der Waals surface area (Å²) in [6.07, 6.45) is 3.27. The number of H-pyrrole nitrogens is 1. The van der Waals surface area contributed by atoms with E-state index in [1.54, 1.807) is 61.1 Å². The highest BCUT2D eigenvalue weighted by Gasteiger charge is 2.23. The number of imidazole rings is 1. The molecule has 0 aliphatic heterocycles. The van der Waals surface area contributed by atoms with Crippen LogP contribution in [0, 0.1) is 0 Å². The van der Waals surface area contributed by atoms with E-state index >= 15 is 0 Å². The predicted molar refractivity (Wildman–Crippen MR) is 93.2 cm³/mol. The van der Waals surface area contributed by atoms with Gasteiger partial charge >= 0.3 is 7.60 Å². The van der Waals surface area contributed by atoms with E-state index in [1.807, 2.05) is 6.07 Å². The summed E-state index contributed by atoms with van der Waals surface area (Å²) in [5, 5.41) is 2.68. The number of hydrogen-bond donors (Lipinski definition) is 4. The lowest BCUT2D eigenvalue weighted by Crippen LogP contribution is -2.12. The molecule has 0 fully saturated rings. The largest absolute Gasteiger partial charge is 0.391 e. The predicted octanol–water partition coefficient (Wildman–Crippen LogP) is 3.35. The molecule has 8 heteroatoms. The Kier molecular flexibility index (Phi) is 4.57. The maximum atomic E-state index is 11.7. The molecule has 4 N–H and O–H groups in total. The zero-order valence-corrected chi connectivity index (χ0v) is 13.4. The van der Waals surface area contributed by atoms with Crippen molar-refractivity contribution in [2.24, 2.45) is 4.99 Å². The number of nitrogens with zero attached hydrogens (tertiary/aromatic N) is 2. The summed E-state index contributed by atoms with van der Waals surface area (Å²) in [4.78, 5) is 30.0. The molecule has 2 aromatic carbocycles. The summed E-state index contributed by atoms with van der Waals surface area (Å²) in [7, 11) is -4.54. The maximum absolute atomic E-state index is 11.7. The first-order chi connectivity index (χ1) is 11.5. The van der Waals surface area contributed by atoms with Gasteiger partial charge in [0, 0.05) is 5.69 Å². The van der Waals surface area contributed by atoms with Crippen LogP contribution in [0.1, 0.15) is 0 Å². The van der Waals surface area contributed by atoms with Crippen LogP contribution in [0.3, 0.4) is 0 Å². The van der Waals surface area contributed by atoms with Crippen molar-refractivity contribution in [3.05, 3.63) is 67.1 Å². The van der Waals surface area contributed by atoms with E-state index in [0.29, 0.717) is 11.4 Å². The molecule has 7 nitrogen and oxygen atoms in total. The number of nitrogens with one attached hydrogen (secondary N) is 2. The number of aromatic nitrogens is 2. The van der Waals surface area contributed by atoms with Gasteiger partial charge in [-0.15, -0.1) is 0 Å². The second-order valence-electron chi connectivity index (χ2n) is 4.98. The van der Waals surface area contributed by atoms with Crippen molar-refractivity contribution in [1.29, 1.82) is 0 Å². The Labute approximate surface area is 138 Å². The van der Waals surface area contributed by atoms with Crippen LogP contribution in [-0.4, -0.2) is 25.3 Å². The van der Waals surface area contributed by atoms with Gasteiger partial charge in [0.1, 0.15) is 0 Å². The lowest BCUT2D eigenvalue weighted by Gasteiger charge is -2.11. The number of aromatic amines is 1. The molecule has 0 radical (unpaired) electrons. The second kappa shape index (κ2) is 6.80. The molecule has 122 valence electrons. The number of amidine groups is 1. The van der Waals surface area contributed by atoms with Gasteiger partial charge in [0.25, 0.3) is 0 Å². The van der Waals surface area contributed by atoms with Gasteiger partial charge in [-0.05, 0) is 29.8 Å². The maximum Gasteiger partial charge on any atom is 0.391 e. The van der Waals surface area contributed by atoms with Gasteiger partial charge in [-0.3, -0.25) is 4.57 Å². The lowest BCUT2D eigenvalue weighted by atomic mass is 10.1. The quantitative estimate of drug-likeness (QED) is 0.330. The molecular formula is C16H15N4O3P. The van der Waals surface area contributed by atoms with Crippen molar-refractivity contribution in [2.75, 3.05) is 5.32 Å². The van der Waals surface area contributed by atoms with Crippen LogP contribution in [0.25, 0.3) is 11.3 Å². The van der Waals surface area contributed by atoms with Crippen LogP contribution in [0.4, 0.5) is 11.4 Å². The second-order valence-corrected chi connectivity index (χ2v) is 6.49. The fourth-order valence-electron chi connectivity index (χ4n) is 2.07. The summed E-state index contributed by atoms with van der Waals surface area (Å²) in [5.41, 5.74) is 2.33. The van der Waals surface area contributed by atoms with E-state index in [1.165, 1.54) is 0 Å². The van der Waals surface area contributed by atoms with Crippen LogP contribution in [-0.2, 0) is 4.57 Å². The monoisotopic (exact) mass is 342 g/mol. The normalized spacial score (nSPS) is 12.2. The van der Waals surface area contributed by atoms with Gasteiger partial charge in [-0.25, -0.2) is 9.98 Å². The minimum Gasteiger partial charge on any atom is -0.345 e. The number of rotatable bonds is 4. The van der Waals surface area contributed by atoms with Crippen molar-refractivity contribution >= 4 is 24.5 Å². The SMILES string of the molecule is O=P(O)(O)C(=Nc1ccc(-c2cnc[nH]2)cc1)Nc1ccccc1. The van der Waals surface area contributed by atoms with E-state index in [9.17, 15) is 14.4 Å². The Morgan fingerprint density at radius 3 is 2.38 bits per heavy atom. The fraction of sp³-hybridized carbons (Fsp3) is 0. The minimum atomic E-state index is -4.54. The van der Waals surface area contributed by atoms with Crippen molar-refractivity contribution in [1.82, 2.24) is 9.97 Å². The summed E-state index contributed by atoms with van der Waals surface area (Å²) >= 11 is 0. The zero-order valence-electron chi connectivity index (χ0n) is 12.5. The van der Waals surface area contributed by atoms with Crippen LogP contribution in [0.2, 0.25) is 0 Å². The van der Waals surface area contributed by atoms with Gasteiger partial charge in [0.05, 0.1) is 23.9 Å². The van der Waals surface area contributed by atoms with E-state index in [0.717, 1.165) is 11.3 Å². The zero-order chi connectivity index (χ0) is 17.0. The Bertz CT molecular complexity index is 871. The van der Waals surface area contributed by atoms with E-state index < -0.39 is 13.2 Å². The van der Waals surface area contributed by atoms with Gasteiger partial charge in [0.2, 0.25) is 5.58 Å². The Morgan fingerprint density at radius 1 is 1.08 bits per heavy atom. The number of anilines is 1. The van der Waals surface area contributed by atoms with E-state index in [-0.39, 0.29) is 0 Å².